The molecule has 0 aliphatic heterocycles. The zero-order valence-electron chi connectivity index (χ0n) is 20.5. The molecule has 0 aliphatic rings. The van der Waals surface area contributed by atoms with Gasteiger partial charge in [0.2, 0.25) is 5.91 Å². The average Bonchev–Trinajstić information content (AvgIpc) is 2.85. The first-order valence-electron chi connectivity index (χ1n) is 11.3. The summed E-state index contributed by atoms with van der Waals surface area (Å²) in [5.74, 6) is 0.234. The number of rotatable bonds is 13. The number of likely N-dealkylation sites (N-methyl/N-ethyl adjacent to an activating group) is 1. The van der Waals surface area contributed by atoms with Gasteiger partial charge in [-0.05, 0) is 49.2 Å². The smallest absolute Gasteiger partial charge is 0.331 e. The molecule has 0 radical (unpaired) electrons. The molecule has 0 saturated carbocycles. The molecule has 188 valence electrons. The van der Waals surface area contributed by atoms with Crippen LogP contribution in [0, 0.1) is 0 Å². The summed E-state index contributed by atoms with van der Waals surface area (Å²) in [6.45, 7) is 4.26. The second-order valence-corrected chi connectivity index (χ2v) is 7.46. The largest absolute Gasteiger partial charge is 0.497 e. The number of hydrogen-bond acceptors (Lipinski definition) is 7. The normalized spacial score (nSPS) is 10.5. The van der Waals surface area contributed by atoms with E-state index < -0.39 is 24.4 Å². The first-order chi connectivity index (χ1) is 16.9. The van der Waals surface area contributed by atoms with Crippen LogP contribution in [0.3, 0.4) is 0 Å². The maximum atomic E-state index is 12.2. The molecule has 0 aromatic heterocycles. The van der Waals surface area contributed by atoms with Gasteiger partial charge in [0.15, 0.2) is 18.1 Å². The summed E-state index contributed by atoms with van der Waals surface area (Å²) in [5, 5.41) is 2.68. The van der Waals surface area contributed by atoms with Gasteiger partial charge in [-0.3, -0.25) is 9.59 Å². The highest BCUT2D eigenvalue weighted by Crippen LogP contribution is 2.29. The van der Waals surface area contributed by atoms with Gasteiger partial charge in [0.1, 0.15) is 5.75 Å². The van der Waals surface area contributed by atoms with Gasteiger partial charge < -0.3 is 29.2 Å². The second-order valence-electron chi connectivity index (χ2n) is 7.46. The molecule has 1 N–H and O–H groups in total. The molecule has 0 heterocycles. The number of hydrogen-bond donors (Lipinski definition) is 1. The topological polar surface area (TPSA) is 103 Å². The minimum atomic E-state index is -0.683. The maximum Gasteiger partial charge on any atom is 0.331 e. The molecule has 2 amide bonds. The number of esters is 1. The van der Waals surface area contributed by atoms with Crippen molar-refractivity contribution in [1.29, 1.82) is 0 Å². The SMILES string of the molecule is CCCOc1ccc(/C=C/C(=O)OCC(=O)N(C)CC(=O)Nc2cccc(OC)c2)cc1OCC. The third-order valence-corrected chi connectivity index (χ3v) is 4.64. The van der Waals surface area contributed by atoms with E-state index in [1.54, 1.807) is 48.5 Å². The summed E-state index contributed by atoms with van der Waals surface area (Å²) >= 11 is 0. The van der Waals surface area contributed by atoms with Crippen LogP contribution in [0.25, 0.3) is 6.08 Å². The number of ether oxygens (including phenoxy) is 4. The first kappa shape index (κ1) is 27.2. The third kappa shape index (κ3) is 9.40. The van der Waals surface area contributed by atoms with Gasteiger partial charge in [-0.25, -0.2) is 4.79 Å². The number of carbonyl (C=O) groups is 3. The van der Waals surface area contributed by atoms with Crippen LogP contribution in [0.15, 0.2) is 48.5 Å². The minimum absolute atomic E-state index is 0.198. The van der Waals surface area contributed by atoms with Crippen LogP contribution in [0.4, 0.5) is 5.69 Å². The fraction of sp³-hybridized carbons (Fsp3) is 0.346. The Hall–Kier alpha value is -4.01. The average molecular weight is 485 g/mol. The van der Waals surface area contributed by atoms with E-state index in [-0.39, 0.29) is 6.54 Å². The Kier molecular flexibility index (Phi) is 11.1. The molecular weight excluding hydrogens is 452 g/mol. The zero-order chi connectivity index (χ0) is 25.6. The zero-order valence-corrected chi connectivity index (χ0v) is 20.5. The number of carbonyl (C=O) groups excluding carboxylic acids is 3. The van der Waals surface area contributed by atoms with Crippen molar-refractivity contribution in [2.24, 2.45) is 0 Å². The monoisotopic (exact) mass is 484 g/mol. The standard InChI is InChI=1S/C26H32N2O7/c1-5-14-34-22-12-10-19(15-23(22)33-6-2)11-13-26(31)35-18-25(30)28(3)17-24(29)27-20-8-7-9-21(16-20)32-4/h7-13,15-16H,5-6,14,17-18H2,1-4H3,(H,27,29)/b13-11+. The quantitative estimate of drug-likeness (QED) is 0.343. The number of amides is 2. The van der Waals surface area contributed by atoms with Crippen molar-refractivity contribution in [2.75, 3.05) is 45.8 Å². The van der Waals surface area contributed by atoms with Gasteiger partial charge in [-0.1, -0.05) is 19.1 Å². The Labute approximate surface area is 205 Å². The van der Waals surface area contributed by atoms with E-state index in [2.05, 4.69) is 5.32 Å². The lowest BCUT2D eigenvalue weighted by molar-refractivity contribution is -0.148. The van der Waals surface area contributed by atoms with Gasteiger partial charge in [0.25, 0.3) is 5.91 Å². The van der Waals surface area contributed by atoms with Crippen molar-refractivity contribution in [2.45, 2.75) is 20.3 Å². The van der Waals surface area contributed by atoms with Crippen molar-refractivity contribution in [1.82, 2.24) is 4.90 Å². The summed E-state index contributed by atoms with van der Waals surface area (Å²) in [5.41, 5.74) is 1.26. The first-order valence-corrected chi connectivity index (χ1v) is 11.3. The fourth-order valence-corrected chi connectivity index (χ4v) is 2.89. The lowest BCUT2D eigenvalue weighted by Crippen LogP contribution is -2.37. The van der Waals surface area contributed by atoms with Crippen molar-refractivity contribution in [3.63, 3.8) is 0 Å². The van der Waals surface area contributed by atoms with Gasteiger partial charge in [-0.15, -0.1) is 0 Å². The molecule has 2 aromatic carbocycles. The molecule has 2 rings (SSSR count). The van der Waals surface area contributed by atoms with Gasteiger partial charge in [-0.2, -0.15) is 0 Å². The van der Waals surface area contributed by atoms with Crippen LogP contribution in [0.2, 0.25) is 0 Å². The van der Waals surface area contributed by atoms with Crippen LogP contribution in [-0.4, -0.2) is 63.2 Å². The van der Waals surface area contributed by atoms with Gasteiger partial charge >= 0.3 is 5.97 Å². The van der Waals surface area contributed by atoms with E-state index in [0.29, 0.717) is 41.7 Å². The molecule has 0 aliphatic carbocycles. The van der Waals surface area contributed by atoms with E-state index in [0.717, 1.165) is 6.42 Å². The minimum Gasteiger partial charge on any atom is -0.497 e. The molecule has 0 bridgehead atoms. The Morgan fingerprint density at radius 2 is 1.83 bits per heavy atom. The Morgan fingerprint density at radius 1 is 1.03 bits per heavy atom. The van der Waals surface area contributed by atoms with E-state index in [1.807, 2.05) is 13.8 Å². The summed E-state index contributed by atoms with van der Waals surface area (Å²) in [6, 6.07) is 12.2. The molecular formula is C26H32N2O7. The van der Waals surface area contributed by atoms with E-state index in [9.17, 15) is 14.4 Å². The number of benzene rings is 2. The Balaban J connectivity index is 1.83. The number of anilines is 1. The van der Waals surface area contributed by atoms with E-state index >= 15 is 0 Å². The van der Waals surface area contributed by atoms with Crippen LogP contribution < -0.4 is 19.5 Å². The maximum absolute atomic E-state index is 12.2. The highest BCUT2D eigenvalue weighted by molar-refractivity contribution is 5.95. The van der Waals surface area contributed by atoms with Crippen molar-refractivity contribution in [3.8, 4) is 17.2 Å². The molecule has 9 nitrogen and oxygen atoms in total. The van der Waals surface area contributed by atoms with Crippen LogP contribution in [0.1, 0.15) is 25.8 Å². The molecule has 2 aromatic rings. The highest BCUT2D eigenvalue weighted by Gasteiger charge is 2.15. The lowest BCUT2D eigenvalue weighted by atomic mass is 10.2. The molecule has 0 spiro atoms. The molecule has 0 unspecified atom stereocenters. The fourth-order valence-electron chi connectivity index (χ4n) is 2.89. The highest BCUT2D eigenvalue weighted by atomic mass is 16.5. The van der Waals surface area contributed by atoms with Gasteiger partial charge in [0.05, 0.1) is 26.9 Å². The summed E-state index contributed by atoms with van der Waals surface area (Å²) < 4.78 is 21.4. The predicted molar refractivity (Wildman–Crippen MR) is 133 cm³/mol. The lowest BCUT2D eigenvalue weighted by Gasteiger charge is -2.16. The molecule has 0 fully saturated rings. The molecule has 0 atom stereocenters. The predicted octanol–water partition coefficient (Wildman–Crippen LogP) is 3.54. The Bertz CT molecular complexity index is 1040. The third-order valence-electron chi connectivity index (χ3n) is 4.64. The van der Waals surface area contributed by atoms with Crippen LogP contribution in [0.5, 0.6) is 17.2 Å². The number of methoxy groups -OCH3 is 1. The van der Waals surface area contributed by atoms with Crippen molar-refractivity contribution >= 4 is 29.5 Å². The van der Waals surface area contributed by atoms with E-state index in [1.165, 1.54) is 25.1 Å². The van der Waals surface area contributed by atoms with Gasteiger partial charge in [0, 0.05) is 24.9 Å². The molecule has 9 heteroatoms. The number of nitrogens with one attached hydrogen (secondary N) is 1. The van der Waals surface area contributed by atoms with Crippen LogP contribution in [-0.2, 0) is 19.1 Å². The molecule has 35 heavy (non-hydrogen) atoms. The second kappa shape index (κ2) is 14.3. The van der Waals surface area contributed by atoms with Crippen LogP contribution >= 0.6 is 0 Å². The summed E-state index contributed by atoms with van der Waals surface area (Å²) in [6.07, 6.45) is 3.66. The van der Waals surface area contributed by atoms with Crippen molar-refractivity contribution < 1.29 is 33.3 Å². The van der Waals surface area contributed by atoms with Crippen molar-refractivity contribution in [3.05, 3.63) is 54.1 Å². The number of nitrogens with zero attached hydrogens (tertiary/aromatic N) is 1. The summed E-state index contributed by atoms with van der Waals surface area (Å²) in [4.78, 5) is 37.7. The molecule has 0 saturated heterocycles. The van der Waals surface area contributed by atoms with E-state index in [4.69, 9.17) is 18.9 Å². The Morgan fingerprint density at radius 3 is 2.54 bits per heavy atom. The summed E-state index contributed by atoms with van der Waals surface area (Å²) in [7, 11) is 2.98.